The van der Waals surface area contributed by atoms with Crippen LogP contribution in [0.15, 0.2) is 53.6 Å². The van der Waals surface area contributed by atoms with Gasteiger partial charge in [-0.2, -0.15) is 23.6 Å². The van der Waals surface area contributed by atoms with Crippen LogP contribution in [0.4, 0.5) is 11.8 Å². The molecule has 1 aliphatic rings. The van der Waals surface area contributed by atoms with Gasteiger partial charge in [0.1, 0.15) is 10.5 Å². The van der Waals surface area contributed by atoms with Gasteiger partial charge in [0.15, 0.2) is 11.6 Å². The fourth-order valence-electron chi connectivity index (χ4n) is 3.57. The summed E-state index contributed by atoms with van der Waals surface area (Å²) in [6.07, 6.45) is 3.93. The van der Waals surface area contributed by atoms with E-state index in [1.54, 1.807) is 16.8 Å². The first-order valence-electron chi connectivity index (χ1n) is 8.94. The highest BCUT2D eigenvalue weighted by Crippen LogP contribution is 2.39. The number of anilines is 2. The van der Waals surface area contributed by atoms with Crippen LogP contribution >= 0.6 is 36.7 Å². The third kappa shape index (κ3) is 3.19. The zero-order valence-electron chi connectivity index (χ0n) is 15.5. The largest absolute Gasteiger partial charge is 0.368 e. The van der Waals surface area contributed by atoms with E-state index in [4.69, 9.17) is 34.0 Å². The fraction of sp³-hybridized carbons (Fsp3) is 0.158. The first-order chi connectivity index (χ1) is 14.0. The summed E-state index contributed by atoms with van der Waals surface area (Å²) in [6, 6.07) is 10.8. The van der Waals surface area contributed by atoms with Gasteiger partial charge in [0.05, 0.1) is 22.9 Å². The summed E-state index contributed by atoms with van der Waals surface area (Å²) in [5.74, 6) is 1.23. The van der Waals surface area contributed by atoms with E-state index in [0.717, 1.165) is 6.42 Å². The normalized spacial score (nSPS) is 15.7. The van der Waals surface area contributed by atoms with E-state index in [2.05, 4.69) is 9.97 Å². The number of aromatic nitrogens is 5. The average Bonchev–Trinajstić information content (AvgIpc) is 3.06. The standard InChI is InChI=1S/C19H15Cl2N7O.H2S/c20-12-6-9-27-15(12)18(29)28(11-4-2-1-3-5-11)17(25-27)14-7-8-26(14)16-13(21)10-23-19(22)24-16;/h1-6,9-10,14H,7-8H2,(H2,22,23,24);1H2/t14-;/m0./s1. The highest BCUT2D eigenvalue weighted by Gasteiger charge is 2.36. The van der Waals surface area contributed by atoms with E-state index >= 15 is 0 Å². The number of nitrogens with two attached hydrogens (primary N) is 1. The van der Waals surface area contributed by atoms with Crippen molar-refractivity contribution in [2.75, 3.05) is 17.2 Å². The Hall–Kier alpha value is -2.75. The molecule has 4 aromatic rings. The highest BCUT2D eigenvalue weighted by molar-refractivity contribution is 7.59. The lowest BCUT2D eigenvalue weighted by Crippen LogP contribution is -2.45. The number of hydrogen-bond acceptors (Lipinski definition) is 6. The van der Waals surface area contributed by atoms with Crippen LogP contribution in [0.5, 0.6) is 0 Å². The van der Waals surface area contributed by atoms with Crippen molar-refractivity contribution in [3.8, 4) is 5.69 Å². The molecule has 154 valence electrons. The van der Waals surface area contributed by atoms with Crippen LogP contribution in [-0.4, -0.2) is 30.7 Å². The Labute approximate surface area is 188 Å². The summed E-state index contributed by atoms with van der Waals surface area (Å²) >= 11 is 12.6. The molecule has 0 aliphatic carbocycles. The van der Waals surface area contributed by atoms with Gasteiger partial charge in [-0.3, -0.25) is 9.36 Å². The van der Waals surface area contributed by atoms with Crippen molar-refractivity contribution < 1.29 is 0 Å². The SMILES string of the molecule is Nc1ncc(Cl)c(N2CC[C@H]2c2nn3ccc(Cl)c3c(=O)n2-c2ccccc2)n1.S. The number of halogens is 2. The van der Waals surface area contributed by atoms with Gasteiger partial charge >= 0.3 is 0 Å². The van der Waals surface area contributed by atoms with Crippen LogP contribution < -0.4 is 16.2 Å². The van der Waals surface area contributed by atoms with Crippen LogP contribution in [0.25, 0.3) is 11.2 Å². The van der Waals surface area contributed by atoms with Crippen LogP contribution in [0.3, 0.4) is 0 Å². The molecule has 0 spiro atoms. The lowest BCUT2D eigenvalue weighted by molar-refractivity contribution is 0.423. The van der Waals surface area contributed by atoms with Gasteiger partial charge in [-0.15, -0.1) is 0 Å². The maximum atomic E-state index is 13.4. The van der Waals surface area contributed by atoms with Crippen molar-refractivity contribution in [2.45, 2.75) is 12.5 Å². The first kappa shape index (κ1) is 20.5. The Morgan fingerprint density at radius 1 is 1.10 bits per heavy atom. The van der Waals surface area contributed by atoms with Gasteiger partial charge in [-0.05, 0) is 24.6 Å². The van der Waals surface area contributed by atoms with E-state index in [9.17, 15) is 4.79 Å². The Bertz CT molecular complexity index is 1290. The Morgan fingerprint density at radius 3 is 2.57 bits per heavy atom. The van der Waals surface area contributed by atoms with Crippen LogP contribution in [0.1, 0.15) is 18.3 Å². The molecule has 0 unspecified atom stereocenters. The quantitative estimate of drug-likeness (QED) is 0.503. The van der Waals surface area contributed by atoms with Crippen molar-refractivity contribution in [3.63, 3.8) is 0 Å². The molecule has 1 fully saturated rings. The minimum Gasteiger partial charge on any atom is -0.368 e. The van der Waals surface area contributed by atoms with E-state index in [-0.39, 0.29) is 31.0 Å². The molecule has 3 aromatic heterocycles. The molecule has 1 aliphatic heterocycles. The van der Waals surface area contributed by atoms with Crippen LogP contribution in [0, 0.1) is 0 Å². The molecule has 2 N–H and O–H groups in total. The predicted molar refractivity (Wildman–Crippen MR) is 122 cm³/mol. The second kappa shape index (κ2) is 7.82. The van der Waals surface area contributed by atoms with Gasteiger partial charge in [0.25, 0.3) is 5.56 Å². The molecule has 0 radical (unpaired) electrons. The Balaban J connectivity index is 0.00000218. The van der Waals surface area contributed by atoms with E-state index in [0.29, 0.717) is 39.4 Å². The van der Waals surface area contributed by atoms with Gasteiger partial charge in [-0.25, -0.2) is 9.50 Å². The number of para-hydroxylation sites is 1. The van der Waals surface area contributed by atoms with Crippen molar-refractivity contribution in [3.05, 3.63) is 75.0 Å². The second-order valence-corrected chi connectivity index (χ2v) is 7.50. The fourth-order valence-corrected chi connectivity index (χ4v) is 4.00. The predicted octanol–water partition coefficient (Wildman–Crippen LogP) is 3.23. The highest BCUT2D eigenvalue weighted by atomic mass is 35.5. The molecular formula is C19H17Cl2N7OS. The molecule has 8 nitrogen and oxygen atoms in total. The Morgan fingerprint density at radius 2 is 1.87 bits per heavy atom. The summed E-state index contributed by atoms with van der Waals surface area (Å²) in [4.78, 5) is 23.5. The van der Waals surface area contributed by atoms with E-state index < -0.39 is 0 Å². The number of fused-ring (bicyclic) bond motifs is 1. The van der Waals surface area contributed by atoms with Crippen molar-refractivity contribution in [2.24, 2.45) is 0 Å². The second-order valence-electron chi connectivity index (χ2n) is 6.69. The van der Waals surface area contributed by atoms with Gasteiger partial charge in [0.2, 0.25) is 5.95 Å². The number of hydrogen-bond donors (Lipinski definition) is 1. The van der Waals surface area contributed by atoms with E-state index in [1.165, 1.54) is 10.7 Å². The Kier molecular flexibility index (Phi) is 5.35. The summed E-state index contributed by atoms with van der Waals surface area (Å²) in [6.45, 7) is 0.704. The zero-order chi connectivity index (χ0) is 20.1. The summed E-state index contributed by atoms with van der Waals surface area (Å²) in [7, 11) is 0. The smallest absolute Gasteiger partial charge is 0.284 e. The monoisotopic (exact) mass is 461 g/mol. The van der Waals surface area contributed by atoms with Crippen molar-refractivity contribution in [1.82, 2.24) is 24.1 Å². The maximum Gasteiger partial charge on any atom is 0.284 e. The minimum absolute atomic E-state index is 0. The van der Waals surface area contributed by atoms with Crippen LogP contribution in [0.2, 0.25) is 10.0 Å². The summed E-state index contributed by atoms with van der Waals surface area (Å²) in [5, 5.41) is 5.47. The molecule has 5 rings (SSSR count). The number of rotatable bonds is 3. The molecule has 0 bridgehead atoms. The number of nitrogen functional groups attached to an aromatic ring is 1. The van der Waals surface area contributed by atoms with Crippen molar-refractivity contribution >= 4 is 54.0 Å². The first-order valence-corrected chi connectivity index (χ1v) is 9.70. The average molecular weight is 462 g/mol. The lowest BCUT2D eigenvalue weighted by Gasteiger charge is -2.42. The molecule has 1 aromatic carbocycles. The summed E-state index contributed by atoms with van der Waals surface area (Å²) < 4.78 is 3.11. The summed E-state index contributed by atoms with van der Waals surface area (Å²) in [5.41, 5.74) is 6.55. The molecule has 30 heavy (non-hydrogen) atoms. The molecule has 0 amide bonds. The molecule has 11 heteroatoms. The topological polar surface area (TPSA) is 94.3 Å². The molecule has 0 saturated carbocycles. The molecule has 1 saturated heterocycles. The van der Waals surface area contributed by atoms with Gasteiger partial charge < -0.3 is 10.6 Å². The van der Waals surface area contributed by atoms with E-state index in [1.807, 2.05) is 35.2 Å². The number of benzene rings is 1. The number of nitrogens with zero attached hydrogens (tertiary/aromatic N) is 6. The molecule has 4 heterocycles. The molecular weight excluding hydrogens is 445 g/mol. The minimum atomic E-state index is -0.239. The maximum absolute atomic E-state index is 13.4. The molecule has 1 atom stereocenters. The van der Waals surface area contributed by atoms with Crippen molar-refractivity contribution in [1.29, 1.82) is 0 Å². The zero-order valence-corrected chi connectivity index (χ0v) is 18.0. The van der Waals surface area contributed by atoms with Gasteiger partial charge in [0, 0.05) is 12.7 Å². The lowest BCUT2D eigenvalue weighted by atomic mass is 10.0. The van der Waals surface area contributed by atoms with Crippen LogP contribution in [-0.2, 0) is 0 Å². The third-order valence-electron chi connectivity index (χ3n) is 5.01. The third-order valence-corrected chi connectivity index (χ3v) is 5.58. The van der Waals surface area contributed by atoms with Gasteiger partial charge in [-0.1, -0.05) is 41.4 Å².